The Balaban J connectivity index is 2.96. The molecule has 0 aliphatic rings. The molecule has 1 aromatic heterocycles. The average molecular weight is 224 g/mol. The smallest absolute Gasteiger partial charge is 0.102 e. The molecule has 0 saturated heterocycles. The van der Waals surface area contributed by atoms with E-state index in [-0.39, 0.29) is 6.42 Å². The van der Waals surface area contributed by atoms with Crippen molar-refractivity contribution in [3.05, 3.63) is 11.4 Å². The van der Waals surface area contributed by atoms with Crippen LogP contribution in [0.1, 0.15) is 25.2 Å². The maximum Gasteiger partial charge on any atom is 0.102 e. The van der Waals surface area contributed by atoms with Crippen molar-refractivity contribution < 1.29 is 9.84 Å². The number of hydrogen-bond acceptors (Lipinski definition) is 5. The van der Waals surface area contributed by atoms with E-state index in [1.54, 1.807) is 25.6 Å². The largest absolute Gasteiger partial charge is 0.389 e. The van der Waals surface area contributed by atoms with Crippen LogP contribution in [0.15, 0.2) is 0 Å². The average Bonchev–Trinajstić information content (AvgIpc) is 2.49. The van der Waals surface area contributed by atoms with Gasteiger partial charge in [-0.2, -0.15) is 5.26 Å². The molecule has 0 amide bonds. The predicted octanol–water partition coefficient (Wildman–Crippen LogP) is 0.261. The Bertz CT molecular complexity index is 387. The van der Waals surface area contributed by atoms with Crippen molar-refractivity contribution in [3.63, 3.8) is 0 Å². The highest BCUT2D eigenvalue weighted by molar-refractivity contribution is 5.13. The molecule has 88 valence electrons. The van der Waals surface area contributed by atoms with Crippen LogP contribution in [0, 0.1) is 11.3 Å². The maximum atomic E-state index is 9.71. The van der Waals surface area contributed by atoms with Gasteiger partial charge >= 0.3 is 0 Å². The van der Waals surface area contributed by atoms with Gasteiger partial charge in [-0.15, -0.1) is 5.10 Å². The Labute approximate surface area is 94.4 Å². The molecule has 0 aliphatic heterocycles. The third kappa shape index (κ3) is 3.29. The van der Waals surface area contributed by atoms with Crippen molar-refractivity contribution >= 4 is 0 Å². The fourth-order valence-corrected chi connectivity index (χ4v) is 1.37. The molecule has 1 heterocycles. The highest BCUT2D eigenvalue weighted by Crippen LogP contribution is 2.12. The molecule has 0 aromatic carbocycles. The minimum absolute atomic E-state index is 0.199. The Morgan fingerprint density at radius 3 is 2.75 bits per heavy atom. The van der Waals surface area contributed by atoms with Crippen LogP contribution in [-0.2, 0) is 24.3 Å². The Hall–Kier alpha value is -1.45. The van der Waals surface area contributed by atoms with Gasteiger partial charge < -0.3 is 9.84 Å². The molecule has 0 saturated carbocycles. The molecule has 0 fully saturated rings. The van der Waals surface area contributed by atoms with E-state index >= 15 is 0 Å². The molecule has 0 bridgehead atoms. The highest BCUT2D eigenvalue weighted by Gasteiger charge is 2.19. The number of hydrogen-bond donors (Lipinski definition) is 1. The number of nitrogens with zero attached hydrogens (tertiary/aromatic N) is 4. The summed E-state index contributed by atoms with van der Waals surface area (Å²) in [6, 6.07) is 2.03. The van der Waals surface area contributed by atoms with Crippen LogP contribution >= 0.6 is 0 Å². The number of rotatable bonds is 5. The molecule has 16 heavy (non-hydrogen) atoms. The van der Waals surface area contributed by atoms with Crippen LogP contribution in [0.2, 0.25) is 0 Å². The van der Waals surface area contributed by atoms with Gasteiger partial charge in [-0.1, -0.05) is 5.21 Å². The second-order valence-electron chi connectivity index (χ2n) is 4.22. The van der Waals surface area contributed by atoms with E-state index in [4.69, 9.17) is 10.00 Å². The molecule has 6 nitrogen and oxygen atoms in total. The Kier molecular flexibility index (Phi) is 3.99. The van der Waals surface area contributed by atoms with E-state index < -0.39 is 5.60 Å². The molecular formula is C10H16N4O2. The molecule has 0 unspecified atom stereocenters. The van der Waals surface area contributed by atoms with Gasteiger partial charge in [0, 0.05) is 7.11 Å². The van der Waals surface area contributed by atoms with Gasteiger partial charge in [0.1, 0.15) is 5.69 Å². The Morgan fingerprint density at radius 1 is 1.56 bits per heavy atom. The van der Waals surface area contributed by atoms with E-state index in [9.17, 15) is 5.11 Å². The van der Waals surface area contributed by atoms with Crippen molar-refractivity contribution in [2.24, 2.45) is 0 Å². The third-order valence-electron chi connectivity index (χ3n) is 1.98. The zero-order valence-electron chi connectivity index (χ0n) is 9.77. The number of nitriles is 1. The lowest BCUT2D eigenvalue weighted by Crippen LogP contribution is -2.28. The topological polar surface area (TPSA) is 84.0 Å². The molecule has 1 aromatic rings. The van der Waals surface area contributed by atoms with E-state index in [2.05, 4.69) is 10.3 Å². The molecule has 0 radical (unpaired) electrons. The van der Waals surface area contributed by atoms with Crippen LogP contribution in [0.5, 0.6) is 0 Å². The van der Waals surface area contributed by atoms with Gasteiger partial charge in [0.05, 0.1) is 36.9 Å². The van der Waals surface area contributed by atoms with E-state index in [0.29, 0.717) is 18.8 Å². The van der Waals surface area contributed by atoms with Crippen molar-refractivity contribution in [1.29, 1.82) is 5.26 Å². The predicted molar refractivity (Wildman–Crippen MR) is 56.3 cm³/mol. The lowest BCUT2D eigenvalue weighted by molar-refractivity contribution is 0.0539. The van der Waals surface area contributed by atoms with Crippen molar-refractivity contribution in [2.75, 3.05) is 7.11 Å². The molecule has 6 heteroatoms. The fraction of sp³-hybridized carbons (Fsp3) is 0.700. The van der Waals surface area contributed by atoms with Gasteiger partial charge in [-0.25, -0.2) is 4.68 Å². The third-order valence-corrected chi connectivity index (χ3v) is 1.98. The summed E-state index contributed by atoms with van der Waals surface area (Å²) in [5, 5.41) is 26.2. The van der Waals surface area contributed by atoms with Crippen LogP contribution in [0.3, 0.4) is 0 Å². The molecule has 0 atom stereocenters. The number of aliphatic hydroxyl groups is 1. The molecule has 1 rings (SSSR count). The summed E-state index contributed by atoms with van der Waals surface area (Å²) in [4.78, 5) is 0. The van der Waals surface area contributed by atoms with E-state index in [0.717, 1.165) is 5.69 Å². The summed E-state index contributed by atoms with van der Waals surface area (Å²) in [5.74, 6) is 0. The summed E-state index contributed by atoms with van der Waals surface area (Å²) >= 11 is 0. The van der Waals surface area contributed by atoms with Crippen molar-refractivity contribution in [2.45, 2.75) is 39.0 Å². The summed E-state index contributed by atoms with van der Waals surface area (Å²) < 4.78 is 6.62. The second-order valence-corrected chi connectivity index (χ2v) is 4.22. The highest BCUT2D eigenvalue weighted by atomic mass is 16.5. The van der Waals surface area contributed by atoms with Gasteiger partial charge in [0.15, 0.2) is 0 Å². The standard InChI is InChI=1S/C10H16N4O2/c1-10(2,15)7-14-9(6-16-3)8(4-5-11)12-13-14/h15H,4,6-7H2,1-3H3. The number of methoxy groups -OCH3 is 1. The molecule has 0 aliphatic carbocycles. The van der Waals surface area contributed by atoms with Gasteiger partial charge in [0.2, 0.25) is 0 Å². The second kappa shape index (κ2) is 5.05. The summed E-state index contributed by atoms with van der Waals surface area (Å²) in [6.45, 7) is 4.04. The maximum absolute atomic E-state index is 9.71. The first-order valence-corrected chi connectivity index (χ1v) is 4.97. The first-order chi connectivity index (χ1) is 7.48. The lowest BCUT2D eigenvalue weighted by atomic mass is 10.1. The first-order valence-electron chi connectivity index (χ1n) is 4.97. The summed E-state index contributed by atoms with van der Waals surface area (Å²) in [6.07, 6.45) is 0.199. The normalized spacial score (nSPS) is 11.4. The van der Waals surface area contributed by atoms with E-state index in [1.807, 2.05) is 6.07 Å². The van der Waals surface area contributed by atoms with Crippen LogP contribution in [0.25, 0.3) is 0 Å². The van der Waals surface area contributed by atoms with Crippen LogP contribution in [-0.4, -0.2) is 32.8 Å². The lowest BCUT2D eigenvalue weighted by Gasteiger charge is -2.18. The van der Waals surface area contributed by atoms with Gasteiger partial charge in [0.25, 0.3) is 0 Å². The molecular weight excluding hydrogens is 208 g/mol. The van der Waals surface area contributed by atoms with Gasteiger partial charge in [-0.05, 0) is 13.8 Å². The van der Waals surface area contributed by atoms with Gasteiger partial charge in [-0.3, -0.25) is 0 Å². The SMILES string of the molecule is COCc1c(CC#N)nnn1CC(C)(C)O. The first kappa shape index (κ1) is 12.6. The number of aromatic nitrogens is 3. The number of ether oxygens (including phenoxy) is 1. The zero-order valence-corrected chi connectivity index (χ0v) is 9.77. The molecule has 0 spiro atoms. The minimum Gasteiger partial charge on any atom is -0.389 e. The van der Waals surface area contributed by atoms with E-state index in [1.165, 1.54) is 0 Å². The van der Waals surface area contributed by atoms with Crippen molar-refractivity contribution in [3.8, 4) is 6.07 Å². The minimum atomic E-state index is -0.875. The quantitative estimate of drug-likeness (QED) is 0.775. The monoisotopic (exact) mass is 224 g/mol. The fourth-order valence-electron chi connectivity index (χ4n) is 1.37. The molecule has 1 N–H and O–H groups in total. The zero-order chi connectivity index (χ0) is 12.2. The summed E-state index contributed by atoms with van der Waals surface area (Å²) in [5.41, 5.74) is 0.472. The summed E-state index contributed by atoms with van der Waals surface area (Å²) in [7, 11) is 1.57. The van der Waals surface area contributed by atoms with Crippen LogP contribution in [0.4, 0.5) is 0 Å². The Morgan fingerprint density at radius 2 is 2.25 bits per heavy atom. The van der Waals surface area contributed by atoms with Crippen molar-refractivity contribution in [1.82, 2.24) is 15.0 Å². The van der Waals surface area contributed by atoms with Crippen LogP contribution < -0.4 is 0 Å².